The number of ether oxygens (including phenoxy) is 2. The normalized spacial score (nSPS) is 12.0. The van der Waals surface area contributed by atoms with Crippen molar-refractivity contribution in [3.63, 3.8) is 0 Å². The topological polar surface area (TPSA) is 93.7 Å². The Kier molecular flexibility index (Phi) is 8.82. The van der Waals surface area contributed by atoms with Crippen molar-refractivity contribution < 1.29 is 22.7 Å². The minimum Gasteiger partial charge on any atom is -0.494 e. The quantitative estimate of drug-likeness (QED) is 0.335. The molecule has 0 heterocycles. The molecule has 1 atom stereocenters. The lowest BCUT2D eigenvalue weighted by Gasteiger charge is -2.15. The van der Waals surface area contributed by atoms with E-state index < -0.39 is 10.0 Å². The minimum absolute atomic E-state index is 0.0357. The van der Waals surface area contributed by atoms with Gasteiger partial charge in [-0.25, -0.2) is 8.42 Å². The van der Waals surface area contributed by atoms with Crippen LogP contribution in [0.25, 0.3) is 0 Å². The molecule has 3 aromatic carbocycles. The third-order valence-electron chi connectivity index (χ3n) is 4.72. The molecular formula is C24H24BrClN2O5S. The Bertz CT molecular complexity index is 1250. The van der Waals surface area contributed by atoms with Gasteiger partial charge in [0.2, 0.25) is 0 Å². The Morgan fingerprint density at radius 1 is 1.06 bits per heavy atom. The molecule has 0 aliphatic carbocycles. The Morgan fingerprint density at radius 3 is 2.44 bits per heavy atom. The molecule has 0 aromatic heterocycles. The number of amides is 1. The Balaban J connectivity index is 1.60. The van der Waals surface area contributed by atoms with Gasteiger partial charge < -0.3 is 14.8 Å². The number of anilines is 1. The van der Waals surface area contributed by atoms with Crippen LogP contribution in [-0.4, -0.2) is 27.5 Å². The molecule has 1 amide bonds. The maximum atomic E-state index is 12.7. The molecular weight excluding hydrogens is 544 g/mol. The van der Waals surface area contributed by atoms with Gasteiger partial charge in [-0.2, -0.15) is 0 Å². The standard InChI is InChI=1S/C24H24BrClN2O5S/c1-3-32-20-9-7-19(8-10-20)28-34(30,31)21-11-12-23(22(26)14-21)33-15-24(29)27-16(2)17-5-4-6-18(25)13-17/h4-14,16,28H,3,15H2,1-2H3,(H,27,29)/t16-/m1/s1. The highest BCUT2D eigenvalue weighted by Crippen LogP contribution is 2.29. The largest absolute Gasteiger partial charge is 0.494 e. The highest BCUT2D eigenvalue weighted by atomic mass is 79.9. The number of carbonyl (C=O) groups excluding carboxylic acids is 1. The SMILES string of the molecule is CCOc1ccc(NS(=O)(=O)c2ccc(OCC(=O)N[C@H](C)c3cccc(Br)c3)c(Cl)c2)cc1. The molecule has 3 aromatic rings. The monoisotopic (exact) mass is 566 g/mol. The van der Waals surface area contributed by atoms with E-state index in [4.69, 9.17) is 21.1 Å². The molecule has 0 saturated heterocycles. The number of sulfonamides is 1. The van der Waals surface area contributed by atoms with Gasteiger partial charge in [0.1, 0.15) is 11.5 Å². The molecule has 7 nitrogen and oxygen atoms in total. The van der Waals surface area contributed by atoms with Crippen LogP contribution in [0.15, 0.2) is 76.1 Å². The summed E-state index contributed by atoms with van der Waals surface area (Å²) in [6.45, 7) is 3.98. The van der Waals surface area contributed by atoms with E-state index in [0.29, 0.717) is 18.0 Å². The lowest BCUT2D eigenvalue weighted by Crippen LogP contribution is -2.31. The fourth-order valence-corrected chi connectivity index (χ4v) is 4.85. The number of nitrogens with one attached hydrogen (secondary N) is 2. The molecule has 0 aliphatic rings. The first kappa shape index (κ1) is 25.9. The zero-order chi connectivity index (χ0) is 24.7. The highest BCUT2D eigenvalue weighted by molar-refractivity contribution is 9.10. The molecule has 34 heavy (non-hydrogen) atoms. The molecule has 0 saturated carbocycles. The van der Waals surface area contributed by atoms with Gasteiger partial charge in [-0.1, -0.05) is 39.7 Å². The van der Waals surface area contributed by atoms with Gasteiger partial charge in [-0.05, 0) is 74.0 Å². The van der Waals surface area contributed by atoms with Gasteiger partial charge in [0.25, 0.3) is 15.9 Å². The smallest absolute Gasteiger partial charge is 0.261 e. The summed E-state index contributed by atoms with van der Waals surface area (Å²) in [5.41, 5.74) is 1.33. The number of hydrogen-bond acceptors (Lipinski definition) is 5. The maximum absolute atomic E-state index is 12.7. The number of benzene rings is 3. The van der Waals surface area contributed by atoms with Crippen molar-refractivity contribution >= 4 is 49.1 Å². The van der Waals surface area contributed by atoms with Crippen LogP contribution in [0.1, 0.15) is 25.5 Å². The van der Waals surface area contributed by atoms with Crippen molar-refractivity contribution in [1.29, 1.82) is 0 Å². The van der Waals surface area contributed by atoms with Crippen LogP contribution in [0.3, 0.4) is 0 Å². The summed E-state index contributed by atoms with van der Waals surface area (Å²) in [5.74, 6) is 0.509. The van der Waals surface area contributed by atoms with Crippen molar-refractivity contribution in [2.24, 2.45) is 0 Å². The van der Waals surface area contributed by atoms with Gasteiger partial charge in [0, 0.05) is 10.2 Å². The lowest BCUT2D eigenvalue weighted by molar-refractivity contribution is -0.123. The first-order valence-corrected chi connectivity index (χ1v) is 13.1. The third-order valence-corrected chi connectivity index (χ3v) is 6.88. The number of carbonyl (C=O) groups is 1. The third kappa shape index (κ3) is 7.12. The van der Waals surface area contributed by atoms with Crippen molar-refractivity contribution in [2.75, 3.05) is 17.9 Å². The van der Waals surface area contributed by atoms with Gasteiger partial charge in [-0.3, -0.25) is 9.52 Å². The Morgan fingerprint density at radius 2 is 1.79 bits per heavy atom. The number of halogens is 2. The summed E-state index contributed by atoms with van der Waals surface area (Å²) in [5, 5.41) is 2.92. The average molecular weight is 568 g/mol. The van der Waals surface area contributed by atoms with Gasteiger partial charge >= 0.3 is 0 Å². The number of hydrogen-bond donors (Lipinski definition) is 2. The predicted octanol–water partition coefficient (Wildman–Crippen LogP) is 5.56. The molecule has 10 heteroatoms. The van der Waals surface area contributed by atoms with E-state index in [1.807, 2.05) is 38.1 Å². The zero-order valence-electron chi connectivity index (χ0n) is 18.5. The Hall–Kier alpha value is -2.75. The first-order chi connectivity index (χ1) is 16.2. The summed E-state index contributed by atoms with van der Waals surface area (Å²) in [4.78, 5) is 12.2. The van der Waals surface area contributed by atoms with E-state index in [2.05, 4.69) is 26.0 Å². The molecule has 0 unspecified atom stereocenters. The lowest BCUT2D eigenvalue weighted by atomic mass is 10.1. The summed E-state index contributed by atoms with van der Waals surface area (Å²) in [6.07, 6.45) is 0. The second-order valence-electron chi connectivity index (χ2n) is 7.29. The van der Waals surface area contributed by atoms with Gasteiger partial charge in [0.15, 0.2) is 6.61 Å². The van der Waals surface area contributed by atoms with E-state index in [1.54, 1.807) is 24.3 Å². The second-order valence-corrected chi connectivity index (χ2v) is 10.3. The summed E-state index contributed by atoms with van der Waals surface area (Å²) < 4.78 is 39.7. The summed E-state index contributed by atoms with van der Waals surface area (Å²) in [7, 11) is -3.87. The second kappa shape index (κ2) is 11.6. The summed E-state index contributed by atoms with van der Waals surface area (Å²) >= 11 is 9.63. The van der Waals surface area contributed by atoms with Crippen LogP contribution in [-0.2, 0) is 14.8 Å². The van der Waals surface area contributed by atoms with Crippen LogP contribution < -0.4 is 19.5 Å². The zero-order valence-corrected chi connectivity index (χ0v) is 21.7. The molecule has 0 spiro atoms. The fourth-order valence-electron chi connectivity index (χ4n) is 3.05. The van der Waals surface area contributed by atoms with Crippen LogP contribution in [0.2, 0.25) is 5.02 Å². The van der Waals surface area contributed by atoms with E-state index in [9.17, 15) is 13.2 Å². The van der Waals surface area contributed by atoms with Crippen LogP contribution >= 0.6 is 27.5 Å². The Labute approximate surface area is 212 Å². The number of rotatable bonds is 10. The van der Waals surface area contributed by atoms with Gasteiger partial charge in [0.05, 0.1) is 22.6 Å². The van der Waals surface area contributed by atoms with Crippen LogP contribution in [0.5, 0.6) is 11.5 Å². The van der Waals surface area contributed by atoms with Crippen LogP contribution in [0.4, 0.5) is 5.69 Å². The van der Waals surface area contributed by atoms with Crippen molar-refractivity contribution in [1.82, 2.24) is 5.32 Å². The minimum atomic E-state index is -3.87. The van der Waals surface area contributed by atoms with Gasteiger partial charge in [-0.15, -0.1) is 0 Å². The molecule has 2 N–H and O–H groups in total. The van der Waals surface area contributed by atoms with Crippen LogP contribution in [0, 0.1) is 0 Å². The van der Waals surface area contributed by atoms with E-state index in [-0.39, 0.29) is 34.2 Å². The van der Waals surface area contributed by atoms with E-state index in [0.717, 1.165) is 10.0 Å². The van der Waals surface area contributed by atoms with Crippen molar-refractivity contribution in [2.45, 2.75) is 24.8 Å². The van der Waals surface area contributed by atoms with E-state index >= 15 is 0 Å². The molecule has 0 aliphatic heterocycles. The predicted molar refractivity (Wildman–Crippen MR) is 136 cm³/mol. The fraction of sp³-hybridized carbons (Fsp3) is 0.208. The van der Waals surface area contributed by atoms with E-state index in [1.165, 1.54) is 18.2 Å². The van der Waals surface area contributed by atoms with Crippen molar-refractivity contribution in [3.05, 3.63) is 81.8 Å². The molecule has 0 fully saturated rings. The average Bonchev–Trinajstić information content (AvgIpc) is 2.79. The summed E-state index contributed by atoms with van der Waals surface area (Å²) in [6, 6.07) is 18.0. The highest BCUT2D eigenvalue weighted by Gasteiger charge is 2.17. The molecule has 3 rings (SSSR count). The van der Waals surface area contributed by atoms with Crippen molar-refractivity contribution in [3.8, 4) is 11.5 Å². The first-order valence-electron chi connectivity index (χ1n) is 10.4. The molecule has 0 bridgehead atoms. The maximum Gasteiger partial charge on any atom is 0.261 e. The molecule has 180 valence electrons. The molecule has 0 radical (unpaired) electrons.